The molecule has 3 heteroatoms. The van der Waals surface area contributed by atoms with Gasteiger partial charge in [-0.25, -0.2) is 0 Å². The maximum Gasteiger partial charge on any atom is 0.110 e. The second-order valence-electron chi connectivity index (χ2n) is 3.95. The molecule has 16 heavy (non-hydrogen) atoms. The molecule has 1 saturated heterocycles. The molecule has 1 aliphatic carbocycles. The number of hydrogen-bond acceptors (Lipinski definition) is 3. The van der Waals surface area contributed by atoms with E-state index in [-0.39, 0.29) is 0 Å². The van der Waals surface area contributed by atoms with Gasteiger partial charge in [0.2, 0.25) is 0 Å². The Bertz CT molecular complexity index is 292. The number of rotatable bonds is 5. The highest BCUT2D eigenvalue weighted by Gasteiger charge is 2.34. The molecule has 0 radical (unpaired) electrons. The molecule has 0 saturated carbocycles. The van der Waals surface area contributed by atoms with Crippen LogP contribution < -0.4 is 5.32 Å². The Morgan fingerprint density at radius 1 is 1.19 bits per heavy atom. The molecule has 1 aliphatic heterocycles. The van der Waals surface area contributed by atoms with Crippen LogP contribution in [0.25, 0.3) is 0 Å². The molecule has 0 aromatic carbocycles. The highest BCUT2D eigenvalue weighted by Crippen LogP contribution is 2.32. The van der Waals surface area contributed by atoms with Crippen molar-refractivity contribution in [3.8, 4) is 0 Å². The molecular formula is C13H18N2S. The average molecular weight is 234 g/mol. The minimum atomic E-state index is 0.360. The molecule has 1 fully saturated rings. The van der Waals surface area contributed by atoms with Gasteiger partial charge in [0.15, 0.2) is 0 Å². The maximum atomic E-state index is 3.80. The second kappa shape index (κ2) is 5.53. The van der Waals surface area contributed by atoms with Crippen LogP contribution in [-0.2, 0) is 0 Å². The Morgan fingerprint density at radius 3 is 2.50 bits per heavy atom. The lowest BCUT2D eigenvalue weighted by molar-refractivity contribution is 0.279. The first-order chi connectivity index (χ1) is 7.85. The molecule has 2 nitrogen and oxygen atoms in total. The van der Waals surface area contributed by atoms with Crippen LogP contribution in [0, 0.1) is 0 Å². The Morgan fingerprint density at radius 2 is 1.88 bits per heavy atom. The van der Waals surface area contributed by atoms with Crippen LogP contribution in [0.4, 0.5) is 0 Å². The SMILES string of the molecule is C=CCN(CC=C)C1NC2C=CC=CC2S1. The van der Waals surface area contributed by atoms with E-state index in [9.17, 15) is 0 Å². The van der Waals surface area contributed by atoms with E-state index in [4.69, 9.17) is 0 Å². The summed E-state index contributed by atoms with van der Waals surface area (Å²) in [6.07, 6.45) is 12.6. The van der Waals surface area contributed by atoms with E-state index in [1.165, 1.54) is 0 Å². The Kier molecular flexibility index (Phi) is 4.04. The van der Waals surface area contributed by atoms with Gasteiger partial charge >= 0.3 is 0 Å². The topological polar surface area (TPSA) is 15.3 Å². The van der Waals surface area contributed by atoms with Crippen molar-refractivity contribution in [1.82, 2.24) is 10.2 Å². The van der Waals surface area contributed by atoms with Gasteiger partial charge in [0.25, 0.3) is 0 Å². The largest absolute Gasteiger partial charge is 0.285 e. The van der Waals surface area contributed by atoms with Gasteiger partial charge in [-0.3, -0.25) is 10.2 Å². The number of thioether (sulfide) groups is 1. The monoisotopic (exact) mass is 234 g/mol. The van der Waals surface area contributed by atoms with Crippen molar-refractivity contribution < 1.29 is 0 Å². The highest BCUT2D eigenvalue weighted by molar-refractivity contribution is 8.00. The Labute approximate surface area is 102 Å². The lowest BCUT2D eigenvalue weighted by atomic mass is 10.1. The molecule has 1 heterocycles. The quantitative estimate of drug-likeness (QED) is 0.734. The number of hydrogen-bond donors (Lipinski definition) is 1. The van der Waals surface area contributed by atoms with Crippen molar-refractivity contribution in [3.05, 3.63) is 49.6 Å². The molecule has 0 spiro atoms. The van der Waals surface area contributed by atoms with E-state index in [1.807, 2.05) is 23.9 Å². The standard InChI is InChI=1S/C13H18N2S/c1-3-9-15(10-4-2)13-14-11-7-5-6-8-12(11)16-13/h3-8,11-14H,1-2,9-10H2. The predicted octanol–water partition coefficient (Wildman–Crippen LogP) is 2.14. The minimum absolute atomic E-state index is 0.360. The van der Waals surface area contributed by atoms with Crippen LogP contribution in [-0.4, -0.2) is 34.8 Å². The zero-order valence-corrected chi connectivity index (χ0v) is 10.2. The third kappa shape index (κ3) is 2.48. The lowest BCUT2D eigenvalue weighted by Crippen LogP contribution is -2.43. The molecule has 86 valence electrons. The molecule has 0 aromatic rings. The first kappa shape index (κ1) is 11.7. The zero-order chi connectivity index (χ0) is 11.4. The third-order valence-corrected chi connectivity index (χ3v) is 4.22. The van der Waals surface area contributed by atoms with Gasteiger partial charge in [-0.05, 0) is 0 Å². The minimum Gasteiger partial charge on any atom is -0.285 e. The summed E-state index contributed by atoms with van der Waals surface area (Å²) in [4.78, 5) is 2.34. The van der Waals surface area contributed by atoms with Gasteiger partial charge in [-0.2, -0.15) is 0 Å². The van der Waals surface area contributed by atoms with Crippen molar-refractivity contribution in [3.63, 3.8) is 0 Å². The fourth-order valence-corrected chi connectivity index (χ4v) is 3.41. The fraction of sp³-hybridized carbons (Fsp3) is 0.385. The molecule has 3 atom stereocenters. The molecule has 3 unspecified atom stereocenters. The number of nitrogens with zero attached hydrogens (tertiary/aromatic N) is 1. The summed E-state index contributed by atoms with van der Waals surface area (Å²) in [5.74, 6) is 0. The maximum absolute atomic E-state index is 3.80. The van der Waals surface area contributed by atoms with Gasteiger partial charge < -0.3 is 0 Å². The van der Waals surface area contributed by atoms with Crippen LogP contribution in [0.15, 0.2) is 49.6 Å². The predicted molar refractivity (Wildman–Crippen MR) is 72.3 cm³/mol. The molecule has 0 amide bonds. The van der Waals surface area contributed by atoms with Crippen molar-refractivity contribution in [2.75, 3.05) is 13.1 Å². The molecule has 0 bridgehead atoms. The van der Waals surface area contributed by atoms with Gasteiger partial charge in [0.05, 0.1) is 0 Å². The summed E-state index contributed by atoms with van der Waals surface area (Å²) in [6.45, 7) is 9.39. The summed E-state index contributed by atoms with van der Waals surface area (Å²) < 4.78 is 0. The van der Waals surface area contributed by atoms with Gasteiger partial charge in [0.1, 0.15) is 5.50 Å². The van der Waals surface area contributed by atoms with E-state index < -0.39 is 0 Å². The number of allylic oxidation sites excluding steroid dienone is 2. The summed E-state index contributed by atoms with van der Waals surface area (Å²) in [5.41, 5.74) is 0.360. The molecular weight excluding hydrogens is 216 g/mol. The van der Waals surface area contributed by atoms with E-state index in [2.05, 4.69) is 47.7 Å². The molecule has 0 aromatic heterocycles. The zero-order valence-electron chi connectivity index (χ0n) is 9.38. The lowest BCUT2D eigenvalue weighted by Gasteiger charge is -2.25. The van der Waals surface area contributed by atoms with E-state index in [0.29, 0.717) is 16.8 Å². The Hall–Kier alpha value is -0.770. The molecule has 2 aliphatic rings. The van der Waals surface area contributed by atoms with Gasteiger partial charge in [0, 0.05) is 24.4 Å². The summed E-state index contributed by atoms with van der Waals surface area (Å²) in [7, 11) is 0. The van der Waals surface area contributed by atoms with Crippen molar-refractivity contribution in [1.29, 1.82) is 0 Å². The van der Waals surface area contributed by atoms with Crippen molar-refractivity contribution >= 4 is 11.8 Å². The third-order valence-electron chi connectivity index (χ3n) is 2.76. The van der Waals surface area contributed by atoms with Gasteiger partial charge in [-0.1, -0.05) is 36.5 Å². The van der Waals surface area contributed by atoms with Crippen molar-refractivity contribution in [2.24, 2.45) is 0 Å². The average Bonchev–Trinajstić information content (AvgIpc) is 2.72. The summed E-state index contributed by atoms with van der Waals surface area (Å²) >= 11 is 1.96. The van der Waals surface area contributed by atoms with Crippen LogP contribution in [0.3, 0.4) is 0 Å². The smallest absolute Gasteiger partial charge is 0.110 e. The number of nitrogens with one attached hydrogen (secondary N) is 1. The van der Waals surface area contributed by atoms with Crippen LogP contribution in [0.2, 0.25) is 0 Å². The Balaban J connectivity index is 1.99. The summed E-state index contributed by atoms with van der Waals surface area (Å²) in [5, 5.41) is 4.18. The van der Waals surface area contributed by atoms with E-state index in [0.717, 1.165) is 13.1 Å². The molecule has 2 rings (SSSR count). The first-order valence-electron chi connectivity index (χ1n) is 5.57. The fourth-order valence-electron chi connectivity index (χ4n) is 2.01. The van der Waals surface area contributed by atoms with E-state index >= 15 is 0 Å². The normalized spacial score (nSPS) is 31.7. The highest BCUT2D eigenvalue weighted by atomic mass is 32.2. The first-order valence-corrected chi connectivity index (χ1v) is 6.52. The van der Waals surface area contributed by atoms with Gasteiger partial charge in [-0.15, -0.1) is 24.9 Å². The summed E-state index contributed by atoms with van der Waals surface area (Å²) in [6, 6.07) is 0.470. The van der Waals surface area contributed by atoms with Crippen LogP contribution in [0.5, 0.6) is 0 Å². The molecule has 1 N–H and O–H groups in total. The van der Waals surface area contributed by atoms with Crippen LogP contribution in [0.1, 0.15) is 0 Å². The second-order valence-corrected chi connectivity index (χ2v) is 5.21. The number of fused-ring (bicyclic) bond motifs is 1. The van der Waals surface area contributed by atoms with Crippen LogP contribution >= 0.6 is 11.8 Å². The van der Waals surface area contributed by atoms with Crippen molar-refractivity contribution in [2.45, 2.75) is 16.8 Å². The van der Waals surface area contributed by atoms with E-state index in [1.54, 1.807) is 0 Å².